The predicted octanol–water partition coefficient (Wildman–Crippen LogP) is 12.0. The Morgan fingerprint density at radius 1 is 0.600 bits per heavy atom. The van der Waals surface area contributed by atoms with E-state index in [1.807, 2.05) is 99.4 Å². The highest BCUT2D eigenvalue weighted by Gasteiger charge is 2.18. The number of anilines is 6. The lowest BCUT2D eigenvalue weighted by Crippen LogP contribution is -2.27. The van der Waals surface area contributed by atoms with Gasteiger partial charge in [0.1, 0.15) is 40.3 Å². The predicted molar refractivity (Wildman–Crippen MR) is 299 cm³/mol. The number of amides is 1. The van der Waals surface area contributed by atoms with Gasteiger partial charge in [0.05, 0.1) is 38.9 Å². The largest absolute Gasteiger partial charge is 0.444 e. The third kappa shape index (κ3) is 14.2. The fourth-order valence-electron chi connectivity index (χ4n) is 7.27. The lowest BCUT2D eigenvalue weighted by atomic mass is 10.0. The molecular weight excluding hydrogens is 1080 g/mol. The minimum Gasteiger partial charge on any atom is -0.444 e. The molecule has 382 valence electrons. The Bertz CT molecular complexity index is 3630. The van der Waals surface area contributed by atoms with Gasteiger partial charge in [-0.05, 0) is 148 Å². The van der Waals surface area contributed by atoms with E-state index in [0.29, 0.717) is 40.9 Å². The third-order valence-electron chi connectivity index (χ3n) is 10.9. The summed E-state index contributed by atoms with van der Waals surface area (Å²) >= 11 is 6.86. The van der Waals surface area contributed by atoms with Crippen molar-refractivity contribution in [2.75, 3.05) is 21.7 Å². The standard InChI is InChI=1S/C24H23N9.C15H14BrN5.C14H17BrN4O2/c1-14(2)16-10-23(31-28-12-16)30-22-5-4-19-20(29-22)8-17(11-27-19)18-13-33(3)32-24(18)15-6-7-26-21(25)9-15;1-9(2)10-5-15(21-18-7-10)20-14-4-3-12-13(19-14)6-11(16)8-17-12;1-14(2,3)21-13(20)17-11-7-9(5-6-16-11)12-10(15)8-19(4)18-12/h4-14H,1-3H3,(H2,25,26)(H,29,30,31);3-9H,1-2H3,(H,19,20,21);5-8H,1-4H3,(H,16,17,20). The molecule has 10 heterocycles. The molecule has 22 heteroatoms. The molecule has 75 heavy (non-hydrogen) atoms. The number of nitrogens with zero attached hydrogens (tertiary/aromatic N) is 14. The van der Waals surface area contributed by atoms with Crippen LogP contribution in [-0.4, -0.2) is 81.6 Å². The second-order valence-electron chi connectivity index (χ2n) is 18.7. The van der Waals surface area contributed by atoms with Gasteiger partial charge in [0.15, 0.2) is 11.6 Å². The van der Waals surface area contributed by atoms with Crippen molar-refractivity contribution in [3.05, 3.63) is 142 Å². The maximum Gasteiger partial charge on any atom is 0.413 e. The molecule has 0 saturated heterocycles. The van der Waals surface area contributed by atoms with Crippen molar-refractivity contribution in [1.82, 2.24) is 69.9 Å². The fraction of sp³-hybridized carbons (Fsp3) is 0.226. The molecule has 20 nitrogen and oxygen atoms in total. The van der Waals surface area contributed by atoms with Crippen LogP contribution in [0.2, 0.25) is 0 Å². The molecule has 0 unspecified atom stereocenters. The number of pyridine rings is 6. The topological polar surface area (TPSA) is 253 Å². The molecule has 5 N–H and O–H groups in total. The van der Waals surface area contributed by atoms with Gasteiger partial charge in [0.2, 0.25) is 0 Å². The second kappa shape index (κ2) is 23.2. The Morgan fingerprint density at radius 3 is 1.73 bits per heavy atom. The zero-order chi connectivity index (χ0) is 53.4. The van der Waals surface area contributed by atoms with Crippen LogP contribution in [0.25, 0.3) is 55.7 Å². The number of carbonyl (C=O) groups excluding carboxylic acids is 1. The van der Waals surface area contributed by atoms with Crippen molar-refractivity contribution < 1.29 is 9.53 Å². The summed E-state index contributed by atoms with van der Waals surface area (Å²) in [4.78, 5) is 38.1. The van der Waals surface area contributed by atoms with E-state index < -0.39 is 11.7 Å². The number of hydrogen-bond acceptors (Lipinski definition) is 17. The molecule has 0 aliphatic heterocycles. The number of rotatable bonds is 10. The Kier molecular flexibility index (Phi) is 16.4. The number of halogens is 2. The molecule has 0 bridgehead atoms. The van der Waals surface area contributed by atoms with Crippen molar-refractivity contribution in [3.8, 4) is 33.6 Å². The van der Waals surface area contributed by atoms with Crippen LogP contribution in [-0.2, 0) is 18.8 Å². The highest BCUT2D eigenvalue weighted by Crippen LogP contribution is 2.33. The van der Waals surface area contributed by atoms with Gasteiger partial charge < -0.3 is 21.1 Å². The number of aryl methyl sites for hydroxylation is 2. The molecule has 0 aromatic carbocycles. The van der Waals surface area contributed by atoms with Crippen LogP contribution >= 0.6 is 31.9 Å². The van der Waals surface area contributed by atoms with Crippen LogP contribution in [0.4, 0.5) is 39.7 Å². The molecule has 10 aromatic rings. The van der Waals surface area contributed by atoms with Crippen LogP contribution in [0.15, 0.2) is 131 Å². The molecule has 1 amide bonds. The molecule has 0 radical (unpaired) electrons. The summed E-state index contributed by atoms with van der Waals surface area (Å²) in [5.74, 6) is 4.37. The molecule has 0 atom stereocenters. The van der Waals surface area contributed by atoms with Crippen LogP contribution < -0.4 is 21.7 Å². The zero-order valence-corrected chi connectivity index (χ0v) is 45.8. The van der Waals surface area contributed by atoms with Crippen LogP contribution in [0.3, 0.4) is 0 Å². The van der Waals surface area contributed by atoms with E-state index >= 15 is 0 Å². The van der Waals surface area contributed by atoms with Gasteiger partial charge in [-0.15, -0.1) is 10.2 Å². The summed E-state index contributed by atoms with van der Waals surface area (Å²) in [6.45, 7) is 13.9. The summed E-state index contributed by atoms with van der Waals surface area (Å²) in [7, 11) is 3.73. The number of nitrogens with two attached hydrogens (primary N) is 1. The molecule has 0 aliphatic rings. The van der Waals surface area contributed by atoms with E-state index in [0.717, 1.165) is 81.6 Å². The van der Waals surface area contributed by atoms with E-state index in [9.17, 15) is 4.79 Å². The smallest absolute Gasteiger partial charge is 0.413 e. The first kappa shape index (κ1) is 52.9. The zero-order valence-electron chi connectivity index (χ0n) is 42.6. The SMILES string of the molecule is CC(C)c1cnnc(Nc2ccc3ncc(-c4cn(C)nc4-c4ccnc(N)c4)cc3n2)c1.CC(C)c1cnnc(Nc2ccc3ncc(Br)cc3n2)c1.Cn1cc(Br)c(-c2ccnc(NC(=O)OC(C)(C)C)c2)n1. The summed E-state index contributed by atoms with van der Waals surface area (Å²) in [5.41, 5.74) is 16.0. The maximum absolute atomic E-state index is 11.7. The Hall–Kier alpha value is -8.37. The number of nitrogen functional groups attached to an aromatic ring is 1. The first-order chi connectivity index (χ1) is 35.8. The van der Waals surface area contributed by atoms with Gasteiger partial charge in [-0.2, -0.15) is 20.4 Å². The van der Waals surface area contributed by atoms with Crippen molar-refractivity contribution >= 4 is 94.9 Å². The minimum absolute atomic E-state index is 0.363. The van der Waals surface area contributed by atoms with Crippen molar-refractivity contribution in [3.63, 3.8) is 0 Å². The molecule has 0 aliphatic carbocycles. The van der Waals surface area contributed by atoms with Gasteiger partial charge in [0, 0.05) is 78.0 Å². The van der Waals surface area contributed by atoms with Crippen molar-refractivity contribution in [2.45, 2.75) is 65.9 Å². The Labute approximate surface area is 449 Å². The maximum atomic E-state index is 11.7. The quantitative estimate of drug-likeness (QED) is 0.0993. The minimum atomic E-state index is -0.550. The highest BCUT2D eigenvalue weighted by molar-refractivity contribution is 9.10. The van der Waals surface area contributed by atoms with E-state index in [2.05, 4.69) is 131 Å². The lowest BCUT2D eigenvalue weighted by Gasteiger charge is -2.19. The van der Waals surface area contributed by atoms with Gasteiger partial charge in [0.25, 0.3) is 0 Å². The number of fused-ring (bicyclic) bond motifs is 2. The average Bonchev–Trinajstić information content (AvgIpc) is 3.93. The monoisotopic (exact) mass is 1130 g/mol. The van der Waals surface area contributed by atoms with E-state index in [-0.39, 0.29) is 0 Å². The number of ether oxygens (including phenoxy) is 1. The molecule has 10 rings (SSSR count). The highest BCUT2D eigenvalue weighted by atomic mass is 79.9. The first-order valence-electron chi connectivity index (χ1n) is 23.6. The van der Waals surface area contributed by atoms with Crippen molar-refractivity contribution in [2.24, 2.45) is 14.1 Å². The average molecular weight is 1130 g/mol. The number of nitrogens with one attached hydrogen (secondary N) is 3. The number of aromatic nitrogens is 14. The third-order valence-corrected chi connectivity index (χ3v) is 11.9. The van der Waals surface area contributed by atoms with E-state index in [1.54, 1.807) is 67.2 Å². The van der Waals surface area contributed by atoms with Gasteiger partial charge in [-0.25, -0.2) is 24.7 Å². The summed E-state index contributed by atoms with van der Waals surface area (Å²) in [5, 5.41) is 34.4. The number of carbonyl (C=O) groups is 1. The van der Waals surface area contributed by atoms with Gasteiger partial charge >= 0.3 is 6.09 Å². The van der Waals surface area contributed by atoms with Crippen LogP contribution in [0.5, 0.6) is 0 Å². The lowest BCUT2D eigenvalue weighted by molar-refractivity contribution is 0.0635. The molecule has 0 saturated carbocycles. The van der Waals surface area contributed by atoms with Crippen molar-refractivity contribution in [1.29, 1.82) is 0 Å². The molecular formula is C53H54Br2N18O2. The second-order valence-corrected chi connectivity index (χ2v) is 20.5. The first-order valence-corrected chi connectivity index (χ1v) is 25.2. The normalized spacial score (nSPS) is 11.2. The van der Waals surface area contributed by atoms with Gasteiger partial charge in [-0.3, -0.25) is 24.6 Å². The van der Waals surface area contributed by atoms with Gasteiger partial charge in [-0.1, -0.05) is 27.7 Å². The molecule has 10 aromatic heterocycles. The Morgan fingerprint density at radius 2 is 1.16 bits per heavy atom. The van der Waals surface area contributed by atoms with Crippen LogP contribution in [0, 0.1) is 0 Å². The molecule has 0 spiro atoms. The Balaban J connectivity index is 0.000000156. The van der Waals surface area contributed by atoms with Crippen LogP contribution in [0.1, 0.15) is 71.4 Å². The summed E-state index contributed by atoms with van der Waals surface area (Å²) in [6, 6.07) is 22.8. The molecule has 0 fully saturated rings. The fourth-order valence-corrected chi connectivity index (χ4v) is 8.20. The van der Waals surface area contributed by atoms with E-state index in [1.165, 1.54) is 0 Å². The summed E-state index contributed by atoms with van der Waals surface area (Å²) in [6.07, 6.45) is 13.7. The summed E-state index contributed by atoms with van der Waals surface area (Å²) < 4.78 is 10.5. The van der Waals surface area contributed by atoms with E-state index in [4.69, 9.17) is 15.5 Å². The number of hydrogen-bond donors (Lipinski definition) is 4.